The highest BCUT2D eigenvalue weighted by atomic mass is 16.5. The van der Waals surface area contributed by atoms with E-state index in [9.17, 15) is 5.11 Å². The molecule has 2 saturated carbocycles. The predicted molar refractivity (Wildman–Crippen MR) is 53.1 cm³/mol. The standard InChI is InChI=1S/C11H20O3/c1-13-6-7-14-10-8-9(12)11(10)4-2-3-5-11/h9-10,12H,2-8H2,1H3. The Hall–Kier alpha value is -0.120. The van der Waals surface area contributed by atoms with Gasteiger partial charge in [0.1, 0.15) is 0 Å². The lowest BCUT2D eigenvalue weighted by molar-refractivity contribution is -0.192. The van der Waals surface area contributed by atoms with Crippen LogP contribution in [0.4, 0.5) is 0 Å². The number of ether oxygens (including phenoxy) is 2. The van der Waals surface area contributed by atoms with E-state index in [2.05, 4.69) is 0 Å². The largest absolute Gasteiger partial charge is 0.392 e. The first kappa shape index (κ1) is 10.4. The molecule has 2 aliphatic rings. The van der Waals surface area contributed by atoms with Crippen molar-refractivity contribution in [2.75, 3.05) is 20.3 Å². The smallest absolute Gasteiger partial charge is 0.0704 e. The zero-order chi connectivity index (χ0) is 10.0. The fourth-order valence-electron chi connectivity index (χ4n) is 2.92. The Kier molecular flexibility index (Phi) is 3.10. The van der Waals surface area contributed by atoms with E-state index in [1.807, 2.05) is 0 Å². The monoisotopic (exact) mass is 200 g/mol. The van der Waals surface area contributed by atoms with Crippen LogP contribution in [0.15, 0.2) is 0 Å². The zero-order valence-corrected chi connectivity index (χ0v) is 8.87. The molecule has 1 spiro atoms. The lowest BCUT2D eigenvalue weighted by Gasteiger charge is -2.51. The van der Waals surface area contributed by atoms with Gasteiger partial charge >= 0.3 is 0 Å². The van der Waals surface area contributed by atoms with Crippen molar-refractivity contribution in [1.29, 1.82) is 0 Å². The number of rotatable bonds is 4. The minimum atomic E-state index is -0.113. The van der Waals surface area contributed by atoms with Crippen LogP contribution >= 0.6 is 0 Å². The third kappa shape index (κ3) is 1.58. The first-order valence-corrected chi connectivity index (χ1v) is 5.58. The molecule has 0 aromatic carbocycles. The molecule has 0 bridgehead atoms. The van der Waals surface area contributed by atoms with Crippen molar-refractivity contribution in [3.05, 3.63) is 0 Å². The van der Waals surface area contributed by atoms with Crippen LogP contribution in [0.3, 0.4) is 0 Å². The van der Waals surface area contributed by atoms with Crippen molar-refractivity contribution in [2.45, 2.75) is 44.3 Å². The van der Waals surface area contributed by atoms with E-state index in [1.165, 1.54) is 12.8 Å². The second-order valence-electron chi connectivity index (χ2n) is 4.54. The predicted octanol–water partition coefficient (Wildman–Crippen LogP) is 1.34. The Morgan fingerprint density at radius 2 is 2.00 bits per heavy atom. The minimum Gasteiger partial charge on any atom is -0.392 e. The van der Waals surface area contributed by atoms with Crippen molar-refractivity contribution < 1.29 is 14.6 Å². The average molecular weight is 200 g/mol. The number of aliphatic hydroxyl groups excluding tert-OH is 1. The first-order chi connectivity index (χ1) is 6.79. The minimum absolute atomic E-state index is 0.113. The molecule has 2 fully saturated rings. The summed E-state index contributed by atoms with van der Waals surface area (Å²) < 4.78 is 10.7. The molecule has 2 unspecified atom stereocenters. The maximum absolute atomic E-state index is 9.81. The molecule has 2 atom stereocenters. The van der Waals surface area contributed by atoms with Crippen LogP contribution in [0.5, 0.6) is 0 Å². The van der Waals surface area contributed by atoms with Crippen molar-refractivity contribution in [2.24, 2.45) is 5.41 Å². The van der Waals surface area contributed by atoms with Crippen molar-refractivity contribution in [1.82, 2.24) is 0 Å². The van der Waals surface area contributed by atoms with E-state index in [0.717, 1.165) is 19.3 Å². The van der Waals surface area contributed by atoms with Gasteiger partial charge in [-0.3, -0.25) is 0 Å². The van der Waals surface area contributed by atoms with Crippen LogP contribution in [0, 0.1) is 5.41 Å². The van der Waals surface area contributed by atoms with E-state index in [4.69, 9.17) is 9.47 Å². The van der Waals surface area contributed by atoms with Crippen molar-refractivity contribution in [3.8, 4) is 0 Å². The van der Waals surface area contributed by atoms with Gasteiger partial charge in [-0.15, -0.1) is 0 Å². The van der Waals surface area contributed by atoms with Crippen LogP contribution < -0.4 is 0 Å². The Morgan fingerprint density at radius 3 is 2.57 bits per heavy atom. The molecule has 3 heteroatoms. The van der Waals surface area contributed by atoms with Crippen molar-refractivity contribution in [3.63, 3.8) is 0 Å². The molecule has 0 radical (unpaired) electrons. The van der Waals surface area contributed by atoms with E-state index < -0.39 is 0 Å². The summed E-state index contributed by atoms with van der Waals surface area (Å²) in [6.07, 6.45) is 5.79. The molecule has 2 rings (SSSR count). The van der Waals surface area contributed by atoms with Gasteiger partial charge in [-0.25, -0.2) is 0 Å². The van der Waals surface area contributed by atoms with Crippen molar-refractivity contribution >= 4 is 0 Å². The van der Waals surface area contributed by atoms with Gasteiger partial charge in [0.05, 0.1) is 25.4 Å². The third-order valence-electron chi connectivity index (χ3n) is 3.88. The topological polar surface area (TPSA) is 38.7 Å². The molecule has 2 aliphatic carbocycles. The SMILES string of the molecule is COCCOC1CC(O)C12CCCC2. The van der Waals surface area contributed by atoms with Crippen LogP contribution in [-0.2, 0) is 9.47 Å². The molecule has 0 aromatic heterocycles. The molecule has 1 N–H and O–H groups in total. The highest BCUT2D eigenvalue weighted by Crippen LogP contribution is 2.54. The highest BCUT2D eigenvalue weighted by Gasteiger charge is 2.56. The van der Waals surface area contributed by atoms with Gasteiger partial charge in [0, 0.05) is 18.9 Å². The summed E-state index contributed by atoms with van der Waals surface area (Å²) in [5.74, 6) is 0. The van der Waals surface area contributed by atoms with E-state index >= 15 is 0 Å². The first-order valence-electron chi connectivity index (χ1n) is 5.58. The number of hydrogen-bond donors (Lipinski definition) is 1. The van der Waals surface area contributed by atoms with Gasteiger partial charge in [-0.05, 0) is 12.8 Å². The fraction of sp³-hybridized carbons (Fsp3) is 1.00. The van der Waals surface area contributed by atoms with Gasteiger partial charge in [0.25, 0.3) is 0 Å². The van der Waals surface area contributed by atoms with Gasteiger partial charge in [0.15, 0.2) is 0 Å². The quantitative estimate of drug-likeness (QED) is 0.696. The third-order valence-corrected chi connectivity index (χ3v) is 3.88. The summed E-state index contributed by atoms with van der Waals surface area (Å²) >= 11 is 0. The van der Waals surface area contributed by atoms with Crippen LogP contribution in [-0.4, -0.2) is 37.6 Å². The highest BCUT2D eigenvalue weighted by molar-refractivity contribution is 5.06. The van der Waals surface area contributed by atoms with Gasteiger partial charge in [-0.1, -0.05) is 12.8 Å². The lowest BCUT2D eigenvalue weighted by atomic mass is 9.62. The molecule has 0 saturated heterocycles. The van der Waals surface area contributed by atoms with Gasteiger partial charge < -0.3 is 14.6 Å². The molecular formula is C11H20O3. The van der Waals surface area contributed by atoms with Crippen LogP contribution in [0.25, 0.3) is 0 Å². The molecule has 0 aromatic rings. The zero-order valence-electron chi connectivity index (χ0n) is 8.87. The summed E-state index contributed by atoms with van der Waals surface area (Å²) in [6.45, 7) is 1.32. The fourth-order valence-corrected chi connectivity index (χ4v) is 2.92. The number of aliphatic hydroxyl groups is 1. The maximum Gasteiger partial charge on any atom is 0.0704 e. The van der Waals surface area contributed by atoms with Gasteiger partial charge in [-0.2, -0.15) is 0 Å². The molecule has 0 amide bonds. The summed E-state index contributed by atoms with van der Waals surface area (Å²) in [7, 11) is 1.68. The summed E-state index contributed by atoms with van der Waals surface area (Å²) in [5, 5.41) is 9.81. The normalized spacial score (nSPS) is 34.7. The Balaban J connectivity index is 1.82. The maximum atomic E-state index is 9.81. The van der Waals surface area contributed by atoms with E-state index in [1.54, 1.807) is 7.11 Å². The second kappa shape index (κ2) is 4.17. The molecular weight excluding hydrogens is 180 g/mol. The van der Waals surface area contributed by atoms with E-state index in [-0.39, 0.29) is 17.6 Å². The Morgan fingerprint density at radius 1 is 1.29 bits per heavy atom. The molecule has 14 heavy (non-hydrogen) atoms. The van der Waals surface area contributed by atoms with Crippen LogP contribution in [0.2, 0.25) is 0 Å². The second-order valence-corrected chi connectivity index (χ2v) is 4.54. The summed E-state index contributed by atoms with van der Waals surface area (Å²) in [4.78, 5) is 0. The molecule has 82 valence electrons. The molecule has 0 heterocycles. The number of hydrogen-bond acceptors (Lipinski definition) is 3. The summed E-state index contributed by atoms with van der Waals surface area (Å²) in [5.41, 5.74) is 0.119. The van der Waals surface area contributed by atoms with E-state index in [0.29, 0.717) is 13.2 Å². The lowest BCUT2D eigenvalue weighted by Crippen LogP contribution is -2.56. The Bertz CT molecular complexity index is 187. The number of methoxy groups -OCH3 is 1. The summed E-state index contributed by atoms with van der Waals surface area (Å²) in [6, 6.07) is 0. The Labute approximate surface area is 85.4 Å². The average Bonchev–Trinajstić information content (AvgIpc) is 2.68. The molecule has 3 nitrogen and oxygen atoms in total. The molecule has 0 aliphatic heterocycles. The van der Waals surface area contributed by atoms with Crippen LogP contribution in [0.1, 0.15) is 32.1 Å². The van der Waals surface area contributed by atoms with Gasteiger partial charge in [0.2, 0.25) is 0 Å².